The number of rotatable bonds is 4. The smallest absolute Gasteiger partial charge is 0.135 e. The van der Waals surface area contributed by atoms with E-state index in [0.717, 1.165) is 33.3 Å². The third-order valence-corrected chi connectivity index (χ3v) is 17.6. The van der Waals surface area contributed by atoms with E-state index in [1.165, 1.54) is 98.6 Å². The van der Waals surface area contributed by atoms with Crippen molar-refractivity contribution < 1.29 is 4.42 Å². The molecule has 69 heavy (non-hydrogen) atoms. The van der Waals surface area contributed by atoms with Crippen molar-refractivity contribution in [3.63, 3.8) is 0 Å². The molecule has 0 unspecified atom stereocenters. The molecule has 0 radical (unpaired) electrons. The van der Waals surface area contributed by atoms with Gasteiger partial charge >= 0.3 is 0 Å². The van der Waals surface area contributed by atoms with E-state index in [1.807, 2.05) is 22.7 Å². The Balaban J connectivity index is 1.00. The summed E-state index contributed by atoms with van der Waals surface area (Å²) in [7, 11) is 0. The van der Waals surface area contributed by atoms with Crippen LogP contribution in [0, 0.1) is 0 Å². The van der Waals surface area contributed by atoms with Crippen LogP contribution in [0.1, 0.15) is 44.5 Å². The van der Waals surface area contributed by atoms with Crippen LogP contribution in [0.5, 0.6) is 0 Å². The highest BCUT2D eigenvalue weighted by Gasteiger charge is 2.55. The highest BCUT2D eigenvalue weighted by Crippen LogP contribution is 2.68. The van der Waals surface area contributed by atoms with Crippen molar-refractivity contribution in [2.24, 2.45) is 0 Å². The van der Waals surface area contributed by atoms with Gasteiger partial charge in [-0.3, -0.25) is 0 Å². The number of benzene rings is 9. The summed E-state index contributed by atoms with van der Waals surface area (Å²) >= 11 is 3.74. The average molecular weight is 915 g/mol. The van der Waals surface area contributed by atoms with Crippen molar-refractivity contribution in [1.29, 1.82) is 0 Å². The molecule has 3 nitrogen and oxygen atoms in total. The lowest BCUT2D eigenvalue weighted by atomic mass is 9.63. The molecule has 5 heterocycles. The van der Waals surface area contributed by atoms with Crippen molar-refractivity contribution in [3.05, 3.63) is 274 Å². The van der Waals surface area contributed by atoms with Crippen LogP contribution in [0.15, 0.2) is 234 Å². The second-order valence-corrected chi connectivity index (χ2v) is 20.5. The normalized spacial score (nSPS) is 14.6. The first-order valence-electron chi connectivity index (χ1n) is 23.6. The van der Waals surface area contributed by atoms with E-state index in [2.05, 4.69) is 239 Å². The minimum atomic E-state index is -0.566. The predicted molar refractivity (Wildman–Crippen MR) is 287 cm³/mol. The number of thiophene rings is 2. The maximum absolute atomic E-state index is 6.71. The monoisotopic (exact) mass is 914 g/mol. The molecule has 1 aliphatic heterocycles. The quantitative estimate of drug-likeness (QED) is 0.175. The summed E-state index contributed by atoms with van der Waals surface area (Å²) in [5, 5.41) is 9.27. The second kappa shape index (κ2) is 13.7. The molecular formula is C64H38N2OS2. The lowest BCUT2D eigenvalue weighted by Gasteiger charge is -2.45. The number of fused-ring (bicyclic) bond motifs is 18. The van der Waals surface area contributed by atoms with Gasteiger partial charge in [0.05, 0.1) is 33.2 Å². The van der Waals surface area contributed by atoms with Gasteiger partial charge in [-0.25, -0.2) is 0 Å². The van der Waals surface area contributed by atoms with Crippen molar-refractivity contribution in [1.82, 2.24) is 4.57 Å². The zero-order chi connectivity index (χ0) is 45.0. The van der Waals surface area contributed by atoms with Gasteiger partial charge in [0.2, 0.25) is 0 Å². The van der Waals surface area contributed by atoms with Gasteiger partial charge in [-0.15, -0.1) is 22.7 Å². The van der Waals surface area contributed by atoms with Crippen molar-refractivity contribution in [2.45, 2.75) is 10.8 Å². The molecule has 13 aromatic rings. The highest BCUT2D eigenvalue weighted by atomic mass is 32.1. The molecule has 1 spiro atoms. The molecule has 0 bridgehead atoms. The molecule has 16 rings (SSSR count). The zero-order valence-electron chi connectivity index (χ0n) is 37.1. The van der Waals surface area contributed by atoms with Crippen LogP contribution < -0.4 is 4.90 Å². The fourth-order valence-corrected chi connectivity index (χ4v) is 15.1. The number of anilines is 3. The SMILES string of the molecule is c1ccc(C2(c3ccccc3)c3ccccc3-c3cc4c(cc32)N(c2ccc3oc5ccc(-n6c7ccccc7c7ccccc76)cc5c3c2)c2ccccc2C42c3ccsc3-c3sccc32)cc1. The van der Waals surface area contributed by atoms with E-state index < -0.39 is 10.8 Å². The van der Waals surface area contributed by atoms with Gasteiger partial charge in [0.1, 0.15) is 11.2 Å². The molecule has 0 saturated carbocycles. The largest absolute Gasteiger partial charge is 0.456 e. The Bertz CT molecular complexity index is 4150. The standard InChI is InChI=1S/C64H38N2OS2/c1-3-15-39(16-4-1)63(40-17-5-2-6-18-40)49-22-10-7-19-43(49)46-37-54-58(38-53(46)63)66(57-26-14-11-23-50(57)64(54)51-31-33-68-61(51)62-52(64)32-34-69-62)42-28-30-60-48(36-42)47-35-41(27-29-59(47)67-60)65-55-24-12-8-20-44(55)45-21-9-13-25-56(45)65/h1-38H. The van der Waals surface area contributed by atoms with Crippen LogP contribution in [0.3, 0.4) is 0 Å². The maximum Gasteiger partial charge on any atom is 0.135 e. The van der Waals surface area contributed by atoms with Crippen LogP contribution in [0.25, 0.3) is 70.3 Å². The molecule has 0 saturated heterocycles. The minimum Gasteiger partial charge on any atom is -0.456 e. The van der Waals surface area contributed by atoms with Crippen LogP contribution >= 0.6 is 22.7 Å². The summed E-state index contributed by atoms with van der Waals surface area (Å²) in [6.45, 7) is 0. The van der Waals surface area contributed by atoms with Gasteiger partial charge in [-0.2, -0.15) is 0 Å². The predicted octanol–water partition coefficient (Wildman–Crippen LogP) is 17.3. The molecule has 0 fully saturated rings. The average Bonchev–Trinajstić information content (AvgIpc) is 4.28. The van der Waals surface area contributed by atoms with Gasteiger partial charge in [0, 0.05) is 42.7 Å². The summed E-state index contributed by atoms with van der Waals surface area (Å²) in [4.78, 5) is 5.32. The highest BCUT2D eigenvalue weighted by molar-refractivity contribution is 7.21. The molecule has 3 aliphatic rings. The molecule has 0 N–H and O–H groups in total. The Morgan fingerprint density at radius 3 is 1.57 bits per heavy atom. The summed E-state index contributed by atoms with van der Waals surface area (Å²) in [5.74, 6) is 0. The molecule has 2 aliphatic carbocycles. The summed E-state index contributed by atoms with van der Waals surface area (Å²) in [5.41, 5.74) is 20.6. The molecule has 0 amide bonds. The third kappa shape index (κ3) is 4.71. The number of hydrogen-bond donors (Lipinski definition) is 0. The summed E-state index contributed by atoms with van der Waals surface area (Å²) < 4.78 is 9.11. The Kier molecular flexibility index (Phi) is 7.51. The van der Waals surface area contributed by atoms with E-state index in [0.29, 0.717) is 0 Å². The van der Waals surface area contributed by atoms with Gasteiger partial charge in [0.15, 0.2) is 0 Å². The van der Waals surface area contributed by atoms with E-state index in [1.54, 1.807) is 0 Å². The van der Waals surface area contributed by atoms with Crippen molar-refractivity contribution in [2.75, 3.05) is 4.90 Å². The first kappa shape index (κ1) is 37.8. The Morgan fingerprint density at radius 2 is 0.899 bits per heavy atom. The van der Waals surface area contributed by atoms with Gasteiger partial charge in [-0.1, -0.05) is 140 Å². The summed E-state index contributed by atoms with van der Waals surface area (Å²) in [6, 6.07) is 81.6. The van der Waals surface area contributed by atoms with Crippen molar-refractivity contribution in [3.8, 4) is 26.6 Å². The molecule has 322 valence electrons. The fraction of sp³-hybridized carbons (Fsp3) is 0.0312. The zero-order valence-corrected chi connectivity index (χ0v) is 38.7. The molecular weight excluding hydrogens is 877 g/mol. The molecule has 0 atom stereocenters. The van der Waals surface area contributed by atoms with Gasteiger partial charge < -0.3 is 13.9 Å². The minimum absolute atomic E-state index is 0.522. The van der Waals surface area contributed by atoms with Crippen LogP contribution in [-0.4, -0.2) is 4.57 Å². The fourth-order valence-electron chi connectivity index (χ4n) is 13.0. The summed E-state index contributed by atoms with van der Waals surface area (Å²) in [6.07, 6.45) is 0. The van der Waals surface area contributed by atoms with Gasteiger partial charge in [-0.05, 0) is 145 Å². The van der Waals surface area contributed by atoms with E-state index in [4.69, 9.17) is 4.42 Å². The lowest BCUT2D eigenvalue weighted by Crippen LogP contribution is -2.36. The number of para-hydroxylation sites is 3. The molecule has 5 heteroatoms. The molecule has 9 aromatic carbocycles. The number of nitrogens with zero attached hydrogens (tertiary/aromatic N) is 2. The molecule has 4 aromatic heterocycles. The van der Waals surface area contributed by atoms with Crippen molar-refractivity contribution >= 4 is 83.5 Å². The third-order valence-electron chi connectivity index (χ3n) is 15.6. The maximum atomic E-state index is 6.71. The Morgan fingerprint density at radius 1 is 0.348 bits per heavy atom. The first-order valence-corrected chi connectivity index (χ1v) is 25.4. The van der Waals surface area contributed by atoms with Crippen LogP contribution in [0.4, 0.5) is 17.1 Å². The Hall–Kier alpha value is -8.22. The lowest BCUT2D eigenvalue weighted by molar-refractivity contribution is 0.669. The van der Waals surface area contributed by atoms with E-state index >= 15 is 0 Å². The number of aromatic nitrogens is 1. The van der Waals surface area contributed by atoms with E-state index in [9.17, 15) is 0 Å². The first-order chi connectivity index (χ1) is 34.2. The number of hydrogen-bond acceptors (Lipinski definition) is 4. The van der Waals surface area contributed by atoms with Crippen LogP contribution in [-0.2, 0) is 10.8 Å². The van der Waals surface area contributed by atoms with Gasteiger partial charge in [0.25, 0.3) is 0 Å². The number of furan rings is 1. The topological polar surface area (TPSA) is 21.3 Å². The van der Waals surface area contributed by atoms with E-state index in [-0.39, 0.29) is 0 Å². The second-order valence-electron chi connectivity index (χ2n) is 18.7. The Labute approximate surface area is 406 Å². The van der Waals surface area contributed by atoms with Crippen LogP contribution in [0.2, 0.25) is 0 Å².